The van der Waals surface area contributed by atoms with Gasteiger partial charge in [0.25, 0.3) is 0 Å². The summed E-state index contributed by atoms with van der Waals surface area (Å²) in [6.45, 7) is 1.67. The van der Waals surface area contributed by atoms with Crippen LogP contribution < -0.4 is 0 Å². The Morgan fingerprint density at radius 3 is 2.29 bits per heavy atom. The number of carbonyl (C=O) groups is 1. The summed E-state index contributed by atoms with van der Waals surface area (Å²) in [6, 6.07) is 2.82. The van der Waals surface area contributed by atoms with Crippen molar-refractivity contribution in [2.45, 2.75) is 38.0 Å². The monoisotopic (exact) mass is 236 g/mol. The lowest BCUT2D eigenvalue weighted by Crippen LogP contribution is -2.32. The summed E-state index contributed by atoms with van der Waals surface area (Å²) in [5.74, 6) is -0.927. The summed E-state index contributed by atoms with van der Waals surface area (Å²) in [5.41, 5.74) is -0.148. The molecule has 1 aliphatic rings. The summed E-state index contributed by atoms with van der Waals surface area (Å²) in [4.78, 5) is 11.5. The van der Waals surface area contributed by atoms with Gasteiger partial charge in [0.1, 0.15) is 11.5 Å². The van der Waals surface area contributed by atoms with E-state index in [0.717, 1.165) is 12.8 Å². The van der Waals surface area contributed by atoms with E-state index in [-0.39, 0.29) is 11.5 Å². The lowest BCUT2D eigenvalue weighted by molar-refractivity contribution is -0.143. The van der Waals surface area contributed by atoms with Crippen LogP contribution in [0.15, 0.2) is 12.1 Å². The van der Waals surface area contributed by atoms with Crippen molar-refractivity contribution >= 4 is 5.97 Å². The number of benzene rings is 1. The van der Waals surface area contributed by atoms with E-state index in [1.165, 1.54) is 12.1 Å². The van der Waals surface area contributed by atoms with Gasteiger partial charge in [-0.1, -0.05) is 12.8 Å². The third kappa shape index (κ3) is 1.73. The predicted molar refractivity (Wildman–Crippen MR) is 62.3 cm³/mol. The number of carboxylic acids is 1. The zero-order chi connectivity index (χ0) is 12.6. The molecule has 2 rings (SSSR count). The van der Waals surface area contributed by atoms with Crippen LogP contribution in [0.4, 0.5) is 0 Å². The highest BCUT2D eigenvalue weighted by atomic mass is 16.4. The number of phenols is 2. The van der Waals surface area contributed by atoms with Crippen LogP contribution in [0.5, 0.6) is 11.5 Å². The number of rotatable bonds is 2. The molecule has 4 nitrogen and oxygen atoms in total. The van der Waals surface area contributed by atoms with Gasteiger partial charge in [0.2, 0.25) is 0 Å². The largest absolute Gasteiger partial charge is 0.508 e. The van der Waals surface area contributed by atoms with Gasteiger partial charge in [-0.15, -0.1) is 0 Å². The fraction of sp³-hybridized carbons (Fsp3) is 0.462. The maximum atomic E-state index is 11.5. The third-order valence-corrected chi connectivity index (χ3v) is 3.70. The van der Waals surface area contributed by atoms with Crippen molar-refractivity contribution < 1.29 is 20.1 Å². The number of hydrogen-bond donors (Lipinski definition) is 3. The summed E-state index contributed by atoms with van der Waals surface area (Å²) < 4.78 is 0. The molecule has 0 saturated heterocycles. The normalized spacial score (nSPS) is 18.2. The average molecular weight is 236 g/mol. The number of aliphatic carboxylic acids is 1. The molecule has 4 heteroatoms. The summed E-state index contributed by atoms with van der Waals surface area (Å²) in [6.07, 6.45) is 2.69. The van der Waals surface area contributed by atoms with Crippen molar-refractivity contribution in [3.8, 4) is 11.5 Å². The van der Waals surface area contributed by atoms with Crippen LogP contribution >= 0.6 is 0 Å². The Kier molecular flexibility index (Phi) is 2.73. The van der Waals surface area contributed by atoms with Crippen LogP contribution in [0.25, 0.3) is 0 Å². The molecule has 17 heavy (non-hydrogen) atoms. The van der Waals surface area contributed by atoms with Crippen molar-refractivity contribution in [2.24, 2.45) is 0 Å². The van der Waals surface area contributed by atoms with E-state index in [0.29, 0.717) is 24.0 Å². The highest BCUT2D eigenvalue weighted by Gasteiger charge is 2.44. The van der Waals surface area contributed by atoms with Crippen LogP contribution in [-0.4, -0.2) is 21.3 Å². The average Bonchev–Trinajstić information content (AvgIpc) is 2.73. The van der Waals surface area contributed by atoms with Crippen LogP contribution in [0.2, 0.25) is 0 Å². The molecule has 0 bridgehead atoms. The van der Waals surface area contributed by atoms with Gasteiger partial charge in [0, 0.05) is 5.56 Å². The smallest absolute Gasteiger partial charge is 0.314 e. The zero-order valence-electron chi connectivity index (χ0n) is 9.73. The van der Waals surface area contributed by atoms with Crippen molar-refractivity contribution in [3.63, 3.8) is 0 Å². The van der Waals surface area contributed by atoms with E-state index in [9.17, 15) is 20.1 Å². The lowest BCUT2D eigenvalue weighted by atomic mass is 9.78. The zero-order valence-corrected chi connectivity index (χ0v) is 9.73. The van der Waals surface area contributed by atoms with E-state index < -0.39 is 11.4 Å². The Bertz CT molecular complexity index is 459. The van der Waals surface area contributed by atoms with Gasteiger partial charge in [-0.25, -0.2) is 0 Å². The first-order chi connectivity index (χ1) is 7.97. The maximum absolute atomic E-state index is 11.5. The Labute approximate surface area is 99.5 Å². The van der Waals surface area contributed by atoms with Crippen LogP contribution in [0.1, 0.15) is 36.8 Å². The fourth-order valence-corrected chi connectivity index (χ4v) is 2.64. The maximum Gasteiger partial charge on any atom is 0.314 e. The van der Waals surface area contributed by atoms with Gasteiger partial charge >= 0.3 is 5.97 Å². The minimum Gasteiger partial charge on any atom is -0.508 e. The van der Waals surface area contributed by atoms with Crippen LogP contribution in [0.3, 0.4) is 0 Å². The van der Waals surface area contributed by atoms with Crippen LogP contribution in [-0.2, 0) is 10.2 Å². The Hall–Kier alpha value is -1.71. The number of phenolic OH excluding ortho intramolecular Hbond substituents is 2. The van der Waals surface area contributed by atoms with E-state index in [4.69, 9.17) is 0 Å². The molecule has 0 aliphatic heterocycles. The molecule has 1 aliphatic carbocycles. The van der Waals surface area contributed by atoms with Crippen molar-refractivity contribution in [2.75, 3.05) is 0 Å². The van der Waals surface area contributed by atoms with Crippen molar-refractivity contribution in [1.29, 1.82) is 0 Å². The van der Waals surface area contributed by atoms with Gasteiger partial charge in [-0.2, -0.15) is 0 Å². The molecule has 1 aromatic carbocycles. The standard InChI is InChI=1S/C13H16O4/c1-8-6-11(15)9(7-10(8)14)13(12(16)17)4-2-3-5-13/h6-7,14-15H,2-5H2,1H3,(H,16,17). The highest BCUT2D eigenvalue weighted by molar-refractivity contribution is 5.83. The van der Waals surface area contributed by atoms with Gasteiger partial charge < -0.3 is 15.3 Å². The second-order valence-corrected chi connectivity index (χ2v) is 4.75. The van der Waals surface area contributed by atoms with Crippen molar-refractivity contribution in [1.82, 2.24) is 0 Å². The predicted octanol–water partition coefficient (Wildman–Crippen LogP) is 2.30. The molecule has 0 heterocycles. The molecule has 3 N–H and O–H groups in total. The molecule has 1 fully saturated rings. The SMILES string of the molecule is Cc1cc(O)c(C2(C(=O)O)CCCC2)cc1O. The first kappa shape index (κ1) is 11.8. The quantitative estimate of drug-likeness (QED) is 0.688. The second kappa shape index (κ2) is 3.95. The molecule has 92 valence electrons. The molecule has 0 unspecified atom stereocenters. The Balaban J connectivity index is 2.58. The molecule has 0 spiro atoms. The molecule has 0 amide bonds. The first-order valence-corrected chi connectivity index (χ1v) is 5.74. The molecular weight excluding hydrogens is 220 g/mol. The lowest BCUT2D eigenvalue weighted by Gasteiger charge is -2.25. The number of aryl methyl sites for hydroxylation is 1. The summed E-state index contributed by atoms with van der Waals surface area (Å²) in [7, 11) is 0. The van der Waals surface area contributed by atoms with Crippen LogP contribution in [0, 0.1) is 6.92 Å². The fourth-order valence-electron chi connectivity index (χ4n) is 2.64. The molecule has 0 radical (unpaired) electrons. The van der Waals surface area contributed by atoms with Gasteiger partial charge in [0.05, 0.1) is 5.41 Å². The minimum atomic E-state index is -1.03. The summed E-state index contributed by atoms with van der Waals surface area (Å²) in [5, 5.41) is 29.0. The molecule has 0 atom stereocenters. The summed E-state index contributed by atoms with van der Waals surface area (Å²) >= 11 is 0. The minimum absolute atomic E-state index is 0.0327. The molecule has 1 aromatic rings. The highest BCUT2D eigenvalue weighted by Crippen LogP contribution is 2.46. The van der Waals surface area contributed by atoms with Gasteiger partial charge in [-0.05, 0) is 37.5 Å². The van der Waals surface area contributed by atoms with E-state index in [2.05, 4.69) is 0 Å². The first-order valence-electron chi connectivity index (χ1n) is 5.74. The number of aromatic hydroxyl groups is 2. The Morgan fingerprint density at radius 2 is 1.76 bits per heavy atom. The van der Waals surface area contributed by atoms with Gasteiger partial charge in [-0.3, -0.25) is 4.79 Å². The van der Waals surface area contributed by atoms with Gasteiger partial charge in [0.15, 0.2) is 0 Å². The van der Waals surface area contributed by atoms with E-state index in [1.807, 2.05) is 0 Å². The third-order valence-electron chi connectivity index (χ3n) is 3.70. The topological polar surface area (TPSA) is 77.8 Å². The molecule has 1 saturated carbocycles. The molecule has 0 aromatic heterocycles. The van der Waals surface area contributed by atoms with Crippen molar-refractivity contribution in [3.05, 3.63) is 23.3 Å². The molecular formula is C13H16O4. The second-order valence-electron chi connectivity index (χ2n) is 4.75. The number of carboxylic acid groups (broad SMARTS) is 1. The van der Waals surface area contributed by atoms with E-state index >= 15 is 0 Å². The number of hydrogen-bond acceptors (Lipinski definition) is 3. The van der Waals surface area contributed by atoms with E-state index in [1.54, 1.807) is 6.92 Å². The Morgan fingerprint density at radius 1 is 1.18 bits per heavy atom.